The Kier molecular flexibility index (Phi) is 5.12. The van der Waals surface area contributed by atoms with Crippen molar-refractivity contribution >= 4 is 20.7 Å². The van der Waals surface area contributed by atoms with Crippen molar-refractivity contribution < 1.29 is 8.42 Å². The summed E-state index contributed by atoms with van der Waals surface area (Å²) in [4.78, 5) is 12.1. The van der Waals surface area contributed by atoms with Crippen molar-refractivity contribution in [1.29, 1.82) is 0 Å². The molecule has 0 unspecified atom stereocenters. The summed E-state index contributed by atoms with van der Waals surface area (Å²) in [5.74, 6) is -0.0303. The van der Waals surface area contributed by atoms with Crippen LogP contribution >= 0.6 is 0 Å². The normalized spacial score (nSPS) is 11.8. The summed E-state index contributed by atoms with van der Waals surface area (Å²) in [6, 6.07) is 18.0. The second kappa shape index (κ2) is 7.61. The van der Waals surface area contributed by atoms with Gasteiger partial charge < -0.3 is 9.13 Å². The summed E-state index contributed by atoms with van der Waals surface area (Å²) in [6.07, 6.45) is 5.05. The summed E-state index contributed by atoms with van der Waals surface area (Å²) in [6.45, 7) is 2.48. The molecule has 4 aromatic rings. The maximum absolute atomic E-state index is 12.1. The van der Waals surface area contributed by atoms with E-state index in [1.165, 1.54) is 11.8 Å². The Morgan fingerprint density at radius 3 is 2.37 bits per heavy atom. The largest absolute Gasteiger partial charge is 0.343 e. The van der Waals surface area contributed by atoms with Gasteiger partial charge in [-0.25, -0.2) is 8.42 Å². The van der Waals surface area contributed by atoms with E-state index in [9.17, 15) is 13.2 Å². The first kappa shape index (κ1) is 20.2. The average molecular weight is 421 g/mol. The summed E-state index contributed by atoms with van der Waals surface area (Å²) in [5.41, 5.74) is 5.31. The highest BCUT2D eigenvalue weighted by Crippen LogP contribution is 2.30. The number of rotatable bonds is 5. The van der Waals surface area contributed by atoms with E-state index in [4.69, 9.17) is 0 Å². The second-order valence-corrected chi connectivity index (χ2v) is 10.0. The third-order valence-corrected chi connectivity index (χ3v) is 6.12. The molecular formula is C24H24N2O3S. The summed E-state index contributed by atoms with van der Waals surface area (Å²) in [7, 11) is -1.48. The maximum Gasteiger partial charge on any atom is 0.253 e. The smallest absolute Gasteiger partial charge is 0.253 e. The number of aromatic nitrogens is 2. The number of aryl methyl sites for hydroxylation is 2. The van der Waals surface area contributed by atoms with Crippen LogP contribution in [0.4, 0.5) is 0 Å². The third-order valence-electron chi connectivity index (χ3n) is 5.28. The highest BCUT2D eigenvalue weighted by Gasteiger charge is 2.15. The fourth-order valence-corrected chi connectivity index (χ4v) is 4.70. The fraction of sp³-hybridized carbons (Fsp3) is 0.208. The van der Waals surface area contributed by atoms with Crippen molar-refractivity contribution in [3.63, 3.8) is 0 Å². The van der Waals surface area contributed by atoms with Gasteiger partial charge >= 0.3 is 0 Å². The van der Waals surface area contributed by atoms with Crippen molar-refractivity contribution in [2.24, 2.45) is 7.05 Å². The van der Waals surface area contributed by atoms with Crippen molar-refractivity contribution in [2.45, 2.75) is 19.2 Å². The lowest BCUT2D eigenvalue weighted by molar-refractivity contribution is 0.601. The first-order chi connectivity index (χ1) is 14.2. The molecule has 2 aromatic carbocycles. The van der Waals surface area contributed by atoms with Gasteiger partial charge in [0.25, 0.3) is 5.56 Å². The molecule has 4 rings (SSSR count). The number of hydrogen-bond acceptors (Lipinski definition) is 3. The lowest BCUT2D eigenvalue weighted by Gasteiger charge is -2.12. The van der Waals surface area contributed by atoms with Crippen molar-refractivity contribution in [3.05, 3.63) is 94.0 Å². The summed E-state index contributed by atoms with van der Waals surface area (Å²) in [5, 5.41) is 0.932. The quantitative estimate of drug-likeness (QED) is 0.492. The van der Waals surface area contributed by atoms with Crippen LogP contribution in [0.2, 0.25) is 0 Å². The molecule has 0 N–H and O–H groups in total. The van der Waals surface area contributed by atoms with E-state index in [1.807, 2.05) is 42.6 Å². The van der Waals surface area contributed by atoms with Gasteiger partial charge in [-0.3, -0.25) is 4.79 Å². The fourth-order valence-electron chi connectivity index (χ4n) is 3.89. The first-order valence-electron chi connectivity index (χ1n) is 9.72. The zero-order chi connectivity index (χ0) is 21.5. The molecule has 0 aliphatic heterocycles. The van der Waals surface area contributed by atoms with E-state index < -0.39 is 9.84 Å². The van der Waals surface area contributed by atoms with Crippen molar-refractivity contribution in [1.82, 2.24) is 9.13 Å². The highest BCUT2D eigenvalue weighted by atomic mass is 32.2. The van der Waals surface area contributed by atoms with E-state index in [0.717, 1.165) is 27.6 Å². The predicted molar refractivity (Wildman–Crippen MR) is 121 cm³/mol. The molecule has 0 saturated carbocycles. The van der Waals surface area contributed by atoms with Crippen LogP contribution in [-0.2, 0) is 29.2 Å². The summed E-state index contributed by atoms with van der Waals surface area (Å²) >= 11 is 0. The number of hydrogen-bond donors (Lipinski definition) is 0. The molecule has 154 valence electrons. The van der Waals surface area contributed by atoms with E-state index in [-0.39, 0.29) is 11.3 Å². The zero-order valence-corrected chi connectivity index (χ0v) is 18.1. The van der Waals surface area contributed by atoms with Crippen LogP contribution < -0.4 is 5.56 Å². The Morgan fingerprint density at radius 2 is 1.70 bits per heavy atom. The first-order valence-corrected chi connectivity index (χ1v) is 11.8. The Morgan fingerprint density at radius 1 is 0.967 bits per heavy atom. The Bertz CT molecular complexity index is 1370. The maximum atomic E-state index is 12.1. The molecule has 2 aromatic heterocycles. The minimum absolute atomic E-state index is 0.0303. The predicted octanol–water partition coefficient (Wildman–Crippen LogP) is 3.91. The van der Waals surface area contributed by atoms with Crippen LogP contribution in [0.5, 0.6) is 0 Å². The van der Waals surface area contributed by atoms with E-state index in [1.54, 1.807) is 24.7 Å². The molecule has 0 fully saturated rings. The molecule has 0 bridgehead atoms. The Balaban J connectivity index is 1.92. The van der Waals surface area contributed by atoms with Gasteiger partial charge in [0.2, 0.25) is 0 Å². The lowest BCUT2D eigenvalue weighted by atomic mass is 10.0. The van der Waals surface area contributed by atoms with Gasteiger partial charge in [0.05, 0.1) is 5.75 Å². The standard InChI is InChI=1S/C24H24N2O3S/c1-17-11-20(15-25(2)24(17)27)19-12-21(16-30(3,28)29)22-9-10-26(23(22)13-19)14-18-7-5-4-6-8-18/h4-13,15H,14,16H2,1-3H3. The highest BCUT2D eigenvalue weighted by molar-refractivity contribution is 7.89. The van der Waals surface area contributed by atoms with Gasteiger partial charge in [-0.1, -0.05) is 30.3 Å². The van der Waals surface area contributed by atoms with E-state index >= 15 is 0 Å². The number of fused-ring (bicyclic) bond motifs is 1. The molecule has 6 heteroatoms. The topological polar surface area (TPSA) is 61.1 Å². The molecule has 0 radical (unpaired) electrons. The number of sulfone groups is 1. The van der Waals surface area contributed by atoms with Crippen LogP contribution in [0.15, 0.2) is 71.8 Å². The summed E-state index contributed by atoms with van der Waals surface area (Å²) < 4.78 is 27.9. The molecule has 0 aliphatic rings. The number of pyridine rings is 1. The van der Waals surface area contributed by atoms with Gasteiger partial charge in [0.15, 0.2) is 9.84 Å². The molecule has 0 atom stereocenters. The molecule has 0 amide bonds. The van der Waals surface area contributed by atoms with Gasteiger partial charge in [0, 0.05) is 48.7 Å². The zero-order valence-electron chi connectivity index (χ0n) is 17.3. The molecule has 0 saturated heterocycles. The van der Waals surface area contributed by atoms with Crippen molar-refractivity contribution in [3.8, 4) is 11.1 Å². The van der Waals surface area contributed by atoms with Crippen LogP contribution in [0.25, 0.3) is 22.0 Å². The van der Waals surface area contributed by atoms with Crippen LogP contribution in [0, 0.1) is 6.92 Å². The average Bonchev–Trinajstić information content (AvgIpc) is 3.08. The Labute approximate surface area is 176 Å². The molecule has 5 nitrogen and oxygen atoms in total. The van der Waals surface area contributed by atoms with Crippen molar-refractivity contribution in [2.75, 3.05) is 6.26 Å². The molecular weight excluding hydrogens is 396 g/mol. The van der Waals surface area contributed by atoms with Gasteiger partial charge in [-0.2, -0.15) is 0 Å². The molecule has 30 heavy (non-hydrogen) atoms. The SMILES string of the molecule is Cc1cc(-c2cc(CS(C)(=O)=O)c3ccn(Cc4ccccc4)c3c2)cn(C)c1=O. The monoisotopic (exact) mass is 420 g/mol. The van der Waals surface area contributed by atoms with Crippen LogP contribution in [0.3, 0.4) is 0 Å². The minimum atomic E-state index is -3.20. The van der Waals surface area contributed by atoms with Gasteiger partial charge in [-0.15, -0.1) is 0 Å². The number of benzene rings is 2. The van der Waals surface area contributed by atoms with Gasteiger partial charge in [-0.05, 0) is 53.4 Å². The minimum Gasteiger partial charge on any atom is -0.343 e. The van der Waals surface area contributed by atoms with Crippen LogP contribution in [-0.4, -0.2) is 23.8 Å². The van der Waals surface area contributed by atoms with Gasteiger partial charge in [0.1, 0.15) is 0 Å². The lowest BCUT2D eigenvalue weighted by Crippen LogP contribution is -2.18. The molecule has 0 aliphatic carbocycles. The molecule has 0 spiro atoms. The molecule has 2 heterocycles. The van der Waals surface area contributed by atoms with Crippen LogP contribution in [0.1, 0.15) is 16.7 Å². The number of nitrogens with zero attached hydrogens (tertiary/aromatic N) is 2. The second-order valence-electron chi connectivity index (χ2n) is 7.90. The Hall–Kier alpha value is -3.12. The van der Waals surface area contributed by atoms with E-state index in [0.29, 0.717) is 12.1 Å². The van der Waals surface area contributed by atoms with E-state index in [2.05, 4.69) is 22.8 Å². The third kappa shape index (κ3) is 4.09.